The first kappa shape index (κ1) is 22.2. The summed E-state index contributed by atoms with van der Waals surface area (Å²) in [7, 11) is 0. The van der Waals surface area contributed by atoms with Crippen LogP contribution in [0, 0.1) is 12.8 Å². The first-order valence-electron chi connectivity index (χ1n) is 10.0. The van der Waals surface area contributed by atoms with Gasteiger partial charge in [0.1, 0.15) is 6.10 Å². The molecule has 164 valence electrons. The molecule has 3 aliphatic heterocycles. The molecule has 0 amide bonds. The van der Waals surface area contributed by atoms with Gasteiger partial charge in [-0.1, -0.05) is 12.1 Å². The van der Waals surface area contributed by atoms with Crippen molar-refractivity contribution in [2.75, 3.05) is 25.4 Å². The van der Waals surface area contributed by atoms with Crippen molar-refractivity contribution >= 4 is 17.6 Å². The molecule has 1 aromatic carbocycles. The van der Waals surface area contributed by atoms with Crippen molar-refractivity contribution in [1.82, 2.24) is 14.9 Å². The van der Waals surface area contributed by atoms with Crippen molar-refractivity contribution in [3.05, 3.63) is 48.3 Å². The van der Waals surface area contributed by atoms with Crippen LogP contribution in [0.3, 0.4) is 0 Å². The number of piperidine rings is 3. The molecule has 4 N–H and O–H groups in total. The van der Waals surface area contributed by atoms with E-state index < -0.39 is 11.9 Å². The Morgan fingerprint density at radius 2 is 1.71 bits per heavy atom. The van der Waals surface area contributed by atoms with Gasteiger partial charge in [-0.3, -0.25) is 4.90 Å². The van der Waals surface area contributed by atoms with E-state index >= 15 is 0 Å². The second kappa shape index (κ2) is 10.0. The van der Waals surface area contributed by atoms with Gasteiger partial charge in [0, 0.05) is 42.3 Å². The third-order valence-corrected chi connectivity index (χ3v) is 5.46. The van der Waals surface area contributed by atoms with Gasteiger partial charge in [-0.15, -0.1) is 0 Å². The normalized spacial score (nSPS) is 21.9. The Morgan fingerprint density at radius 1 is 1.10 bits per heavy atom. The smallest absolute Gasteiger partial charge is 0.328 e. The lowest BCUT2D eigenvalue weighted by atomic mass is 9.86. The fourth-order valence-corrected chi connectivity index (χ4v) is 3.67. The van der Waals surface area contributed by atoms with Gasteiger partial charge in [0.05, 0.1) is 0 Å². The molecule has 0 radical (unpaired) electrons. The summed E-state index contributed by atoms with van der Waals surface area (Å²) in [6.45, 7) is 5.42. The molecule has 3 saturated heterocycles. The minimum atomic E-state index is -1.26. The van der Waals surface area contributed by atoms with E-state index in [0.29, 0.717) is 24.1 Å². The minimum Gasteiger partial charge on any atom is -0.478 e. The minimum absolute atomic E-state index is 0.235. The SMILES string of the molecule is Cc1ccc(-c2cnc(OC3CN4CCC3CC4)nc2)cc1N.O=C(O)C=CC(=O)O. The lowest BCUT2D eigenvalue weighted by Gasteiger charge is -2.43. The van der Waals surface area contributed by atoms with Crippen LogP contribution in [-0.2, 0) is 9.59 Å². The van der Waals surface area contributed by atoms with E-state index in [1.807, 2.05) is 37.5 Å². The molecule has 1 aromatic heterocycles. The van der Waals surface area contributed by atoms with Gasteiger partial charge in [-0.2, -0.15) is 0 Å². The predicted molar refractivity (Wildman–Crippen MR) is 115 cm³/mol. The molecule has 9 nitrogen and oxygen atoms in total. The molecule has 0 aliphatic carbocycles. The van der Waals surface area contributed by atoms with Gasteiger partial charge in [0.2, 0.25) is 0 Å². The largest absolute Gasteiger partial charge is 0.478 e. The molecule has 5 rings (SSSR count). The summed E-state index contributed by atoms with van der Waals surface area (Å²) in [5, 5.41) is 15.6. The third-order valence-electron chi connectivity index (χ3n) is 5.46. The van der Waals surface area contributed by atoms with Crippen molar-refractivity contribution in [2.45, 2.75) is 25.9 Å². The van der Waals surface area contributed by atoms with Crippen LogP contribution in [0.25, 0.3) is 11.1 Å². The number of hydrogen-bond acceptors (Lipinski definition) is 7. The van der Waals surface area contributed by atoms with Crippen LogP contribution in [0.2, 0.25) is 0 Å². The van der Waals surface area contributed by atoms with Crippen molar-refractivity contribution in [1.29, 1.82) is 0 Å². The first-order valence-corrected chi connectivity index (χ1v) is 10.0. The fraction of sp³-hybridized carbons (Fsp3) is 0.364. The van der Waals surface area contributed by atoms with Crippen LogP contribution in [-0.4, -0.2) is 62.8 Å². The van der Waals surface area contributed by atoms with E-state index in [1.54, 1.807) is 0 Å². The Morgan fingerprint density at radius 3 is 2.19 bits per heavy atom. The van der Waals surface area contributed by atoms with Crippen LogP contribution >= 0.6 is 0 Å². The van der Waals surface area contributed by atoms with Crippen molar-refractivity contribution in [3.63, 3.8) is 0 Å². The molecular formula is C22H26N4O5. The number of fused-ring (bicyclic) bond motifs is 3. The number of carboxylic acid groups (broad SMARTS) is 2. The number of aryl methyl sites for hydroxylation is 1. The maximum Gasteiger partial charge on any atom is 0.328 e. The molecule has 1 unspecified atom stereocenters. The Labute approximate surface area is 180 Å². The summed E-state index contributed by atoms with van der Waals surface area (Å²) in [5.41, 5.74) is 9.83. The van der Waals surface area contributed by atoms with E-state index in [2.05, 4.69) is 14.9 Å². The van der Waals surface area contributed by atoms with E-state index in [9.17, 15) is 9.59 Å². The number of aliphatic carboxylic acids is 2. The molecule has 0 spiro atoms. The predicted octanol–water partition coefficient (Wildman–Crippen LogP) is 2.22. The molecule has 4 heterocycles. The molecule has 2 bridgehead atoms. The summed E-state index contributed by atoms with van der Waals surface area (Å²) < 4.78 is 6.03. The monoisotopic (exact) mass is 426 g/mol. The topological polar surface area (TPSA) is 139 Å². The van der Waals surface area contributed by atoms with E-state index in [4.69, 9.17) is 20.7 Å². The molecular weight excluding hydrogens is 400 g/mol. The Bertz CT molecular complexity index is 937. The maximum absolute atomic E-state index is 9.55. The fourth-order valence-electron chi connectivity index (χ4n) is 3.67. The molecule has 3 aliphatic rings. The molecule has 0 saturated carbocycles. The highest BCUT2D eigenvalue weighted by molar-refractivity contribution is 5.89. The van der Waals surface area contributed by atoms with Crippen LogP contribution in [0.5, 0.6) is 6.01 Å². The number of hydrogen-bond donors (Lipinski definition) is 3. The van der Waals surface area contributed by atoms with Gasteiger partial charge in [0.15, 0.2) is 0 Å². The average molecular weight is 426 g/mol. The number of rotatable bonds is 5. The molecule has 3 fully saturated rings. The summed E-state index contributed by atoms with van der Waals surface area (Å²) >= 11 is 0. The van der Waals surface area contributed by atoms with E-state index in [-0.39, 0.29) is 6.10 Å². The van der Waals surface area contributed by atoms with E-state index in [0.717, 1.165) is 28.9 Å². The summed E-state index contributed by atoms with van der Waals surface area (Å²) in [6.07, 6.45) is 7.43. The number of nitrogen functional groups attached to an aromatic ring is 1. The Balaban J connectivity index is 0.000000293. The number of nitrogens with zero attached hydrogens (tertiary/aromatic N) is 3. The number of carboxylic acids is 2. The number of ether oxygens (including phenoxy) is 1. The molecule has 2 aromatic rings. The van der Waals surface area contributed by atoms with Crippen LogP contribution in [0.4, 0.5) is 5.69 Å². The zero-order valence-corrected chi connectivity index (χ0v) is 17.3. The van der Waals surface area contributed by atoms with Gasteiger partial charge in [-0.25, -0.2) is 19.6 Å². The van der Waals surface area contributed by atoms with Crippen molar-refractivity contribution in [2.24, 2.45) is 5.92 Å². The molecule has 1 atom stereocenters. The van der Waals surface area contributed by atoms with Gasteiger partial charge >= 0.3 is 17.9 Å². The zero-order valence-electron chi connectivity index (χ0n) is 17.3. The van der Waals surface area contributed by atoms with Gasteiger partial charge < -0.3 is 20.7 Å². The maximum atomic E-state index is 9.55. The van der Waals surface area contributed by atoms with E-state index in [1.165, 1.54) is 25.9 Å². The quantitative estimate of drug-likeness (QED) is 0.485. The highest BCUT2D eigenvalue weighted by Crippen LogP contribution is 2.30. The second-order valence-corrected chi connectivity index (χ2v) is 7.63. The summed E-state index contributed by atoms with van der Waals surface area (Å²) in [6, 6.07) is 6.50. The lowest BCUT2D eigenvalue weighted by Crippen LogP contribution is -2.52. The number of aromatic nitrogens is 2. The summed E-state index contributed by atoms with van der Waals surface area (Å²) in [5.74, 6) is -1.86. The first-order chi connectivity index (χ1) is 14.8. The molecule has 9 heteroatoms. The Kier molecular flexibility index (Phi) is 7.19. The number of nitrogens with two attached hydrogens (primary N) is 1. The lowest BCUT2D eigenvalue weighted by molar-refractivity contribution is -0.134. The highest BCUT2D eigenvalue weighted by Gasteiger charge is 2.35. The standard InChI is InChI=1S/C18H22N4O.C4H4O4/c1-12-2-3-14(8-16(12)19)15-9-20-18(21-10-15)23-17-11-22-6-4-13(17)5-7-22;5-3(6)1-2-4(7)8/h2-3,8-10,13,17H,4-7,11,19H2,1H3;1-2H,(H,5,6)(H,7,8). The number of anilines is 1. The number of benzene rings is 1. The van der Waals surface area contributed by atoms with Crippen molar-refractivity contribution in [3.8, 4) is 17.1 Å². The van der Waals surface area contributed by atoms with Crippen LogP contribution in [0.15, 0.2) is 42.7 Å². The Hall–Kier alpha value is -3.46. The van der Waals surface area contributed by atoms with Crippen molar-refractivity contribution < 1.29 is 24.5 Å². The summed E-state index contributed by atoms with van der Waals surface area (Å²) in [4.78, 5) is 30.4. The van der Waals surface area contributed by atoms with Gasteiger partial charge in [-0.05, 0) is 56.0 Å². The molecule has 31 heavy (non-hydrogen) atoms. The van der Waals surface area contributed by atoms with Gasteiger partial charge in [0.25, 0.3) is 0 Å². The third kappa shape index (κ3) is 6.26. The van der Waals surface area contributed by atoms with Crippen LogP contribution < -0.4 is 10.5 Å². The second-order valence-electron chi connectivity index (χ2n) is 7.63. The van der Waals surface area contributed by atoms with Crippen LogP contribution in [0.1, 0.15) is 18.4 Å². The number of carbonyl (C=O) groups is 2. The average Bonchev–Trinajstić information content (AvgIpc) is 2.76. The highest BCUT2D eigenvalue weighted by atomic mass is 16.5. The zero-order chi connectivity index (χ0) is 22.4.